The van der Waals surface area contributed by atoms with E-state index in [1.807, 2.05) is 0 Å². The summed E-state index contributed by atoms with van der Waals surface area (Å²) in [6.07, 6.45) is 8.30. The maximum absolute atomic E-state index is 11.5. The van der Waals surface area contributed by atoms with Crippen molar-refractivity contribution in [3.05, 3.63) is 28.7 Å². The largest absolute Gasteiger partial charge is 0.398 e. The molecule has 0 aliphatic heterocycles. The van der Waals surface area contributed by atoms with Crippen LogP contribution in [0, 0.1) is 5.92 Å². The van der Waals surface area contributed by atoms with Gasteiger partial charge in [-0.3, -0.25) is 4.79 Å². The van der Waals surface area contributed by atoms with Crippen LogP contribution in [0.2, 0.25) is 0 Å². The first-order chi connectivity index (χ1) is 8.75. The quantitative estimate of drug-likeness (QED) is 0.813. The monoisotopic (exact) mass is 250 g/mol. The highest BCUT2D eigenvalue weighted by Crippen LogP contribution is 2.23. The van der Waals surface area contributed by atoms with Crippen molar-refractivity contribution in [2.75, 3.05) is 18.9 Å². The third-order valence-corrected chi connectivity index (χ3v) is 3.56. The molecule has 1 heterocycles. The van der Waals surface area contributed by atoms with Gasteiger partial charge in [-0.05, 0) is 24.8 Å². The lowest BCUT2D eigenvalue weighted by Gasteiger charge is -2.21. The fourth-order valence-electron chi connectivity index (χ4n) is 2.49. The standard InChI is InChI=1S/C14H22N2O2/c15-13-6-7-14(17)16(10-13)8-9-18-11-12-4-2-1-3-5-12/h6-7,10,12H,1-5,8-9,11,15H2. The molecule has 0 atom stereocenters. The topological polar surface area (TPSA) is 57.2 Å². The van der Waals surface area contributed by atoms with Crippen molar-refractivity contribution in [3.63, 3.8) is 0 Å². The first kappa shape index (κ1) is 13.1. The van der Waals surface area contributed by atoms with Gasteiger partial charge in [0.2, 0.25) is 0 Å². The van der Waals surface area contributed by atoms with Gasteiger partial charge in [0.05, 0.1) is 6.61 Å². The first-order valence-corrected chi connectivity index (χ1v) is 6.79. The van der Waals surface area contributed by atoms with Gasteiger partial charge in [-0.2, -0.15) is 0 Å². The Balaban J connectivity index is 1.71. The smallest absolute Gasteiger partial charge is 0.250 e. The summed E-state index contributed by atoms with van der Waals surface area (Å²) in [7, 11) is 0. The lowest BCUT2D eigenvalue weighted by atomic mass is 9.90. The van der Waals surface area contributed by atoms with Gasteiger partial charge in [0.15, 0.2) is 0 Å². The van der Waals surface area contributed by atoms with E-state index in [4.69, 9.17) is 10.5 Å². The van der Waals surface area contributed by atoms with Crippen molar-refractivity contribution < 1.29 is 4.74 Å². The third-order valence-electron chi connectivity index (χ3n) is 3.56. The Hall–Kier alpha value is -1.29. The van der Waals surface area contributed by atoms with Crippen LogP contribution in [-0.4, -0.2) is 17.8 Å². The second kappa shape index (κ2) is 6.59. The van der Waals surface area contributed by atoms with Crippen LogP contribution in [0.4, 0.5) is 5.69 Å². The van der Waals surface area contributed by atoms with Crippen molar-refractivity contribution >= 4 is 5.69 Å². The Morgan fingerprint density at radius 3 is 2.83 bits per heavy atom. The molecule has 100 valence electrons. The van der Waals surface area contributed by atoms with E-state index in [1.165, 1.54) is 38.2 Å². The van der Waals surface area contributed by atoms with Crippen molar-refractivity contribution in [3.8, 4) is 0 Å². The van der Waals surface area contributed by atoms with Crippen LogP contribution < -0.4 is 11.3 Å². The zero-order valence-corrected chi connectivity index (χ0v) is 10.8. The summed E-state index contributed by atoms with van der Waals surface area (Å²) in [5, 5.41) is 0. The molecule has 2 rings (SSSR count). The molecular formula is C14H22N2O2. The number of hydrogen-bond donors (Lipinski definition) is 1. The van der Waals surface area contributed by atoms with Gasteiger partial charge in [-0.15, -0.1) is 0 Å². The highest BCUT2D eigenvalue weighted by molar-refractivity contribution is 5.33. The van der Waals surface area contributed by atoms with Gasteiger partial charge in [-0.1, -0.05) is 19.3 Å². The minimum absolute atomic E-state index is 0.0227. The number of ether oxygens (including phenoxy) is 1. The molecule has 4 nitrogen and oxygen atoms in total. The summed E-state index contributed by atoms with van der Waals surface area (Å²) in [6, 6.07) is 3.12. The van der Waals surface area contributed by atoms with Crippen LogP contribution in [0.15, 0.2) is 23.1 Å². The van der Waals surface area contributed by atoms with Gasteiger partial charge in [0.1, 0.15) is 0 Å². The Bertz CT molecular complexity index is 422. The normalized spacial score (nSPS) is 16.9. The van der Waals surface area contributed by atoms with Crippen LogP contribution in [0.5, 0.6) is 0 Å². The second-order valence-electron chi connectivity index (χ2n) is 5.07. The zero-order chi connectivity index (χ0) is 12.8. The number of hydrogen-bond acceptors (Lipinski definition) is 3. The minimum Gasteiger partial charge on any atom is -0.398 e. The third kappa shape index (κ3) is 3.88. The highest BCUT2D eigenvalue weighted by Gasteiger charge is 2.12. The fourth-order valence-corrected chi connectivity index (χ4v) is 2.49. The van der Waals surface area contributed by atoms with E-state index >= 15 is 0 Å². The van der Waals surface area contributed by atoms with Crippen LogP contribution in [0.3, 0.4) is 0 Å². The van der Waals surface area contributed by atoms with Crippen LogP contribution in [0.25, 0.3) is 0 Å². The van der Waals surface area contributed by atoms with E-state index in [-0.39, 0.29) is 5.56 Å². The summed E-state index contributed by atoms with van der Waals surface area (Å²) in [6.45, 7) is 1.99. The summed E-state index contributed by atoms with van der Waals surface area (Å²) in [5.74, 6) is 0.719. The molecule has 1 aliphatic rings. The lowest BCUT2D eigenvalue weighted by Crippen LogP contribution is -2.22. The lowest BCUT2D eigenvalue weighted by molar-refractivity contribution is 0.0794. The van der Waals surface area contributed by atoms with E-state index in [1.54, 1.807) is 16.8 Å². The van der Waals surface area contributed by atoms with E-state index < -0.39 is 0 Å². The molecular weight excluding hydrogens is 228 g/mol. The van der Waals surface area contributed by atoms with E-state index in [2.05, 4.69) is 0 Å². The average molecular weight is 250 g/mol. The molecule has 1 aromatic rings. The Morgan fingerprint density at radius 2 is 2.06 bits per heavy atom. The summed E-state index contributed by atoms with van der Waals surface area (Å²) < 4.78 is 7.28. The molecule has 0 aromatic carbocycles. The van der Waals surface area contributed by atoms with Crippen molar-refractivity contribution in [2.45, 2.75) is 38.6 Å². The molecule has 0 spiro atoms. The summed E-state index contributed by atoms with van der Waals surface area (Å²) >= 11 is 0. The molecule has 0 bridgehead atoms. The van der Waals surface area contributed by atoms with Crippen molar-refractivity contribution in [2.24, 2.45) is 5.92 Å². The number of pyridine rings is 1. The van der Waals surface area contributed by atoms with Crippen molar-refractivity contribution in [1.82, 2.24) is 4.57 Å². The number of rotatable bonds is 5. The van der Waals surface area contributed by atoms with Crippen molar-refractivity contribution in [1.29, 1.82) is 0 Å². The highest BCUT2D eigenvalue weighted by atomic mass is 16.5. The molecule has 1 saturated carbocycles. The molecule has 0 amide bonds. The first-order valence-electron chi connectivity index (χ1n) is 6.79. The zero-order valence-electron chi connectivity index (χ0n) is 10.8. The predicted octanol–water partition coefficient (Wildman–Crippen LogP) is 2.03. The molecule has 0 unspecified atom stereocenters. The predicted molar refractivity (Wildman–Crippen MR) is 72.5 cm³/mol. The Morgan fingerprint density at radius 1 is 1.28 bits per heavy atom. The average Bonchev–Trinajstić information content (AvgIpc) is 2.40. The van der Waals surface area contributed by atoms with E-state index in [9.17, 15) is 4.79 Å². The number of aromatic nitrogens is 1. The molecule has 18 heavy (non-hydrogen) atoms. The number of nitrogen functional groups attached to an aromatic ring is 1. The van der Waals surface area contributed by atoms with E-state index in [0.29, 0.717) is 18.8 Å². The molecule has 1 aliphatic carbocycles. The molecule has 2 N–H and O–H groups in total. The van der Waals surface area contributed by atoms with Crippen LogP contribution in [0.1, 0.15) is 32.1 Å². The molecule has 0 saturated heterocycles. The molecule has 1 aromatic heterocycles. The number of anilines is 1. The number of nitrogens with zero attached hydrogens (tertiary/aromatic N) is 1. The van der Waals surface area contributed by atoms with Gasteiger partial charge >= 0.3 is 0 Å². The van der Waals surface area contributed by atoms with Gasteiger partial charge < -0.3 is 15.0 Å². The fraction of sp³-hybridized carbons (Fsp3) is 0.643. The van der Waals surface area contributed by atoms with Gasteiger partial charge in [0.25, 0.3) is 5.56 Å². The van der Waals surface area contributed by atoms with Gasteiger partial charge in [0, 0.05) is 31.1 Å². The Labute approximate surface area is 108 Å². The van der Waals surface area contributed by atoms with Crippen LogP contribution >= 0.6 is 0 Å². The second-order valence-corrected chi connectivity index (χ2v) is 5.07. The summed E-state index contributed by atoms with van der Waals surface area (Å²) in [4.78, 5) is 11.5. The van der Waals surface area contributed by atoms with Gasteiger partial charge in [-0.25, -0.2) is 0 Å². The molecule has 4 heteroatoms. The summed E-state index contributed by atoms with van der Waals surface area (Å²) in [5.41, 5.74) is 6.24. The molecule has 1 fully saturated rings. The SMILES string of the molecule is Nc1ccc(=O)n(CCOCC2CCCCC2)c1. The number of nitrogens with two attached hydrogens (primary N) is 1. The maximum Gasteiger partial charge on any atom is 0.250 e. The minimum atomic E-state index is -0.0227. The molecule has 0 radical (unpaired) electrons. The maximum atomic E-state index is 11.5. The Kier molecular flexibility index (Phi) is 4.81. The van der Waals surface area contributed by atoms with E-state index in [0.717, 1.165) is 12.5 Å². The van der Waals surface area contributed by atoms with Crippen LogP contribution in [-0.2, 0) is 11.3 Å².